The average molecular weight is 604 g/mol. The van der Waals surface area contributed by atoms with E-state index in [-0.39, 0.29) is 11.6 Å². The number of hydrogen-bond acceptors (Lipinski definition) is 4. The van der Waals surface area contributed by atoms with Crippen LogP contribution in [0.1, 0.15) is 0 Å². The first-order chi connectivity index (χ1) is 22.1. The highest BCUT2D eigenvalue weighted by Gasteiger charge is 2.14. The van der Waals surface area contributed by atoms with E-state index in [2.05, 4.69) is 83.8 Å². The Bertz CT molecular complexity index is 2280. The van der Waals surface area contributed by atoms with Crippen molar-refractivity contribution in [3.8, 4) is 56.4 Å². The predicted molar refractivity (Wildman–Crippen MR) is 180 cm³/mol. The molecule has 8 aromatic rings. The summed E-state index contributed by atoms with van der Waals surface area (Å²) in [4.78, 5) is 14.2. The molecule has 0 amide bonds. The molecule has 0 spiro atoms. The standard InChI is InChI=1S/C39H23F2N3S/c40-31-16-11-24(12-17-31)37-42-38(25-13-18-32(41)19-14-25)44-39(43-37)30-8-4-7-28(22-30)26-5-3-6-27(21-26)29-15-20-36-34(23-29)33-9-1-2-10-35(33)45-36/h1-23H. The topological polar surface area (TPSA) is 38.7 Å². The van der Waals surface area contributed by atoms with E-state index in [0.717, 1.165) is 27.8 Å². The third-order valence-electron chi connectivity index (χ3n) is 7.87. The van der Waals surface area contributed by atoms with Crippen LogP contribution < -0.4 is 0 Å². The lowest BCUT2D eigenvalue weighted by atomic mass is 9.97. The number of fused-ring (bicyclic) bond motifs is 3. The first-order valence-electron chi connectivity index (χ1n) is 14.5. The molecule has 0 aliphatic rings. The van der Waals surface area contributed by atoms with Gasteiger partial charge in [-0.05, 0) is 101 Å². The molecular formula is C39H23F2N3S. The molecule has 0 fully saturated rings. The molecule has 0 saturated heterocycles. The minimum atomic E-state index is -0.342. The summed E-state index contributed by atoms with van der Waals surface area (Å²) in [7, 11) is 0. The average Bonchev–Trinajstić information content (AvgIpc) is 3.47. The normalized spacial score (nSPS) is 11.3. The van der Waals surface area contributed by atoms with Crippen molar-refractivity contribution in [2.45, 2.75) is 0 Å². The maximum Gasteiger partial charge on any atom is 0.164 e. The molecule has 0 radical (unpaired) electrons. The maximum absolute atomic E-state index is 13.7. The Morgan fingerprint density at radius 1 is 0.356 bits per heavy atom. The molecule has 3 nitrogen and oxygen atoms in total. The molecule has 0 unspecified atom stereocenters. The fraction of sp³-hybridized carbons (Fsp3) is 0. The van der Waals surface area contributed by atoms with Crippen LogP contribution in [0.25, 0.3) is 76.6 Å². The third-order valence-corrected chi connectivity index (χ3v) is 9.02. The van der Waals surface area contributed by atoms with E-state index in [1.807, 2.05) is 23.5 Å². The molecule has 2 aromatic heterocycles. The van der Waals surface area contributed by atoms with Gasteiger partial charge >= 0.3 is 0 Å². The summed E-state index contributed by atoms with van der Waals surface area (Å²) in [5.41, 5.74) is 6.49. The number of hydrogen-bond donors (Lipinski definition) is 0. The van der Waals surface area contributed by atoms with E-state index < -0.39 is 0 Å². The van der Waals surface area contributed by atoms with E-state index in [1.54, 1.807) is 24.3 Å². The summed E-state index contributed by atoms with van der Waals surface area (Å²) >= 11 is 1.82. The number of aromatic nitrogens is 3. The van der Waals surface area contributed by atoms with Crippen LogP contribution in [0.15, 0.2) is 140 Å². The zero-order valence-corrected chi connectivity index (χ0v) is 24.6. The van der Waals surface area contributed by atoms with Gasteiger partial charge in [0.2, 0.25) is 0 Å². The molecule has 2 heterocycles. The summed E-state index contributed by atoms with van der Waals surface area (Å²) < 4.78 is 30.0. The second kappa shape index (κ2) is 11.2. The fourth-order valence-electron chi connectivity index (χ4n) is 5.58. The van der Waals surface area contributed by atoms with Crippen molar-refractivity contribution < 1.29 is 8.78 Å². The maximum atomic E-state index is 13.7. The lowest BCUT2D eigenvalue weighted by Crippen LogP contribution is -2.00. The molecule has 0 N–H and O–H groups in total. The van der Waals surface area contributed by atoms with Crippen molar-refractivity contribution >= 4 is 31.5 Å². The largest absolute Gasteiger partial charge is 0.208 e. The van der Waals surface area contributed by atoms with Gasteiger partial charge in [-0.2, -0.15) is 0 Å². The lowest BCUT2D eigenvalue weighted by molar-refractivity contribution is 0.627. The minimum Gasteiger partial charge on any atom is -0.208 e. The van der Waals surface area contributed by atoms with Crippen LogP contribution in [0, 0.1) is 11.6 Å². The van der Waals surface area contributed by atoms with E-state index in [9.17, 15) is 8.78 Å². The zero-order valence-electron chi connectivity index (χ0n) is 23.8. The van der Waals surface area contributed by atoms with Crippen molar-refractivity contribution in [2.75, 3.05) is 0 Å². The third kappa shape index (κ3) is 5.26. The molecule has 6 aromatic carbocycles. The summed E-state index contributed by atoms with van der Waals surface area (Å²) in [5.74, 6) is 0.596. The van der Waals surface area contributed by atoms with Gasteiger partial charge in [0, 0.05) is 36.9 Å². The highest BCUT2D eigenvalue weighted by atomic mass is 32.1. The molecule has 0 aliphatic carbocycles. The van der Waals surface area contributed by atoms with Gasteiger partial charge in [0.15, 0.2) is 17.5 Å². The molecule has 45 heavy (non-hydrogen) atoms. The SMILES string of the molecule is Fc1ccc(-c2nc(-c3ccc(F)cc3)nc(-c3cccc(-c4cccc(-c5ccc6sc7ccccc7c6c5)c4)c3)n2)cc1. The van der Waals surface area contributed by atoms with Gasteiger partial charge in [-0.25, -0.2) is 23.7 Å². The molecule has 214 valence electrons. The molecule has 6 heteroatoms. The van der Waals surface area contributed by atoms with Gasteiger partial charge in [-0.1, -0.05) is 60.7 Å². The van der Waals surface area contributed by atoms with E-state index >= 15 is 0 Å². The summed E-state index contributed by atoms with van der Waals surface area (Å²) in [6.45, 7) is 0. The van der Waals surface area contributed by atoms with Crippen LogP contribution in [0.5, 0.6) is 0 Å². The number of benzene rings is 6. The van der Waals surface area contributed by atoms with Gasteiger partial charge in [0.05, 0.1) is 0 Å². The van der Waals surface area contributed by atoms with Gasteiger partial charge in [-0.3, -0.25) is 0 Å². The Morgan fingerprint density at radius 3 is 1.40 bits per heavy atom. The Morgan fingerprint density at radius 2 is 0.800 bits per heavy atom. The van der Waals surface area contributed by atoms with Crippen LogP contribution in [0.2, 0.25) is 0 Å². The lowest BCUT2D eigenvalue weighted by Gasteiger charge is -2.10. The second-order valence-corrected chi connectivity index (χ2v) is 11.9. The molecule has 0 atom stereocenters. The summed E-state index contributed by atoms with van der Waals surface area (Å²) in [6, 6.07) is 43.9. The quantitative estimate of drug-likeness (QED) is 0.196. The Labute approximate surface area is 262 Å². The Balaban J connectivity index is 1.20. The molecule has 0 aliphatic heterocycles. The highest BCUT2D eigenvalue weighted by molar-refractivity contribution is 7.25. The smallest absolute Gasteiger partial charge is 0.164 e. The Kier molecular flexibility index (Phi) is 6.69. The number of thiophene rings is 1. The summed E-state index contributed by atoms with van der Waals surface area (Å²) in [6.07, 6.45) is 0. The van der Waals surface area contributed by atoms with Crippen LogP contribution in [-0.4, -0.2) is 15.0 Å². The van der Waals surface area contributed by atoms with Crippen LogP contribution in [0.4, 0.5) is 8.78 Å². The number of nitrogens with zero attached hydrogens (tertiary/aromatic N) is 3. The monoisotopic (exact) mass is 603 g/mol. The number of rotatable bonds is 5. The molecular weight excluding hydrogens is 581 g/mol. The van der Waals surface area contributed by atoms with Crippen molar-refractivity contribution in [1.82, 2.24) is 15.0 Å². The molecule has 8 rings (SSSR count). The van der Waals surface area contributed by atoms with Crippen molar-refractivity contribution in [3.05, 3.63) is 151 Å². The van der Waals surface area contributed by atoms with Crippen molar-refractivity contribution in [1.29, 1.82) is 0 Å². The molecule has 0 bridgehead atoms. The van der Waals surface area contributed by atoms with E-state index in [0.29, 0.717) is 28.6 Å². The van der Waals surface area contributed by atoms with Crippen LogP contribution in [0.3, 0.4) is 0 Å². The first kappa shape index (κ1) is 27.0. The van der Waals surface area contributed by atoms with Gasteiger partial charge in [0.1, 0.15) is 11.6 Å². The Hall–Kier alpha value is -5.59. The van der Waals surface area contributed by atoms with Gasteiger partial charge in [-0.15, -0.1) is 11.3 Å². The van der Waals surface area contributed by atoms with Crippen LogP contribution in [-0.2, 0) is 0 Å². The second-order valence-electron chi connectivity index (χ2n) is 10.8. The predicted octanol–water partition coefficient (Wildman–Crippen LogP) is 10.9. The van der Waals surface area contributed by atoms with Gasteiger partial charge in [0.25, 0.3) is 0 Å². The zero-order chi connectivity index (χ0) is 30.3. The van der Waals surface area contributed by atoms with Crippen LogP contribution >= 0.6 is 11.3 Å². The fourth-order valence-corrected chi connectivity index (χ4v) is 6.67. The first-order valence-corrected chi connectivity index (χ1v) is 15.3. The van der Waals surface area contributed by atoms with Crippen molar-refractivity contribution in [2.24, 2.45) is 0 Å². The van der Waals surface area contributed by atoms with E-state index in [1.165, 1.54) is 44.4 Å². The molecule has 0 saturated carbocycles. The number of halogens is 2. The summed E-state index contributed by atoms with van der Waals surface area (Å²) in [5, 5.41) is 2.55. The highest BCUT2D eigenvalue weighted by Crippen LogP contribution is 2.37. The van der Waals surface area contributed by atoms with Crippen molar-refractivity contribution in [3.63, 3.8) is 0 Å². The van der Waals surface area contributed by atoms with Gasteiger partial charge < -0.3 is 0 Å². The minimum absolute atomic E-state index is 0.342. The van der Waals surface area contributed by atoms with E-state index in [4.69, 9.17) is 9.97 Å².